The van der Waals surface area contributed by atoms with Crippen molar-refractivity contribution in [3.63, 3.8) is 0 Å². The Labute approximate surface area is 105 Å². The van der Waals surface area contributed by atoms with Crippen LogP contribution in [0.1, 0.15) is 38.2 Å². The summed E-state index contributed by atoms with van der Waals surface area (Å²) in [7, 11) is 0. The predicted molar refractivity (Wildman–Crippen MR) is 72.0 cm³/mol. The number of Topliss-reactive ketones (excluding diaryl/α,β-unsaturated/α-hetero) is 1. The molecule has 0 atom stereocenters. The Kier molecular flexibility index (Phi) is 5.91. The summed E-state index contributed by atoms with van der Waals surface area (Å²) in [6, 6.07) is 8.18. The summed E-state index contributed by atoms with van der Waals surface area (Å²) in [6.45, 7) is 2.16. The molecule has 0 aliphatic rings. The molecule has 1 aromatic carbocycles. The van der Waals surface area contributed by atoms with Crippen molar-refractivity contribution in [1.82, 2.24) is 0 Å². The van der Waals surface area contributed by atoms with Gasteiger partial charge in [0, 0.05) is 16.4 Å². The fourth-order valence-electron chi connectivity index (χ4n) is 1.49. The second kappa shape index (κ2) is 6.99. The van der Waals surface area contributed by atoms with Gasteiger partial charge in [0.15, 0.2) is 0 Å². The van der Waals surface area contributed by atoms with Gasteiger partial charge in [-0.2, -0.15) is 0 Å². The second-order valence-corrected chi connectivity index (χ2v) is 5.04. The zero-order valence-corrected chi connectivity index (χ0v) is 11.3. The smallest absolute Gasteiger partial charge is 0.137 e. The largest absolute Gasteiger partial charge is 0.299 e. The van der Waals surface area contributed by atoms with Crippen LogP contribution in [0.5, 0.6) is 0 Å². The van der Waals surface area contributed by atoms with E-state index in [0.29, 0.717) is 12.2 Å². The van der Waals surface area contributed by atoms with Gasteiger partial charge in [0.05, 0.1) is 0 Å². The van der Waals surface area contributed by atoms with Gasteiger partial charge in [0.1, 0.15) is 5.78 Å². The maximum absolute atomic E-state index is 11.6. The molecule has 0 aliphatic carbocycles. The molecule has 82 valence electrons. The minimum atomic E-state index is 0.365. The maximum atomic E-state index is 11.6. The molecule has 2 heteroatoms. The van der Waals surface area contributed by atoms with Crippen molar-refractivity contribution in [2.45, 2.75) is 39.0 Å². The Balaban J connectivity index is 2.34. The molecule has 0 aromatic heterocycles. The molecule has 1 rings (SSSR count). The molecule has 0 heterocycles. The van der Waals surface area contributed by atoms with Crippen LogP contribution >= 0.6 is 22.6 Å². The summed E-state index contributed by atoms with van der Waals surface area (Å²) < 4.78 is 1.22. The van der Waals surface area contributed by atoms with Gasteiger partial charge < -0.3 is 0 Å². The standard InChI is InChI=1S/C13H17IO/c1-2-3-4-5-13(15)10-11-6-8-12(14)9-7-11/h6-9H,2-5,10H2,1H3. The number of ketones is 1. The first-order valence-corrected chi connectivity index (χ1v) is 6.56. The number of rotatable bonds is 6. The van der Waals surface area contributed by atoms with E-state index in [2.05, 4.69) is 41.6 Å². The molecule has 0 amide bonds. The molecule has 15 heavy (non-hydrogen) atoms. The normalized spacial score (nSPS) is 10.3. The van der Waals surface area contributed by atoms with Gasteiger partial charge >= 0.3 is 0 Å². The fraction of sp³-hybridized carbons (Fsp3) is 0.462. The Morgan fingerprint density at radius 1 is 1.20 bits per heavy atom. The van der Waals surface area contributed by atoms with Gasteiger partial charge in [0.25, 0.3) is 0 Å². The van der Waals surface area contributed by atoms with E-state index in [1.54, 1.807) is 0 Å². The monoisotopic (exact) mass is 316 g/mol. The lowest BCUT2D eigenvalue weighted by Crippen LogP contribution is -2.02. The van der Waals surface area contributed by atoms with Crippen LogP contribution in [0.3, 0.4) is 0 Å². The number of carbonyl (C=O) groups is 1. The molecular weight excluding hydrogens is 299 g/mol. The molecule has 0 N–H and O–H groups in total. The molecule has 1 nitrogen and oxygen atoms in total. The topological polar surface area (TPSA) is 17.1 Å². The zero-order chi connectivity index (χ0) is 11.1. The summed E-state index contributed by atoms with van der Waals surface area (Å²) >= 11 is 2.27. The first-order valence-electron chi connectivity index (χ1n) is 5.48. The lowest BCUT2D eigenvalue weighted by molar-refractivity contribution is -0.118. The van der Waals surface area contributed by atoms with Crippen molar-refractivity contribution in [2.75, 3.05) is 0 Å². The summed E-state index contributed by atoms with van der Waals surface area (Å²) in [6.07, 6.45) is 4.72. The van der Waals surface area contributed by atoms with E-state index in [1.165, 1.54) is 16.4 Å². The van der Waals surface area contributed by atoms with E-state index in [1.807, 2.05) is 12.1 Å². The Morgan fingerprint density at radius 3 is 2.47 bits per heavy atom. The molecule has 1 aromatic rings. The van der Waals surface area contributed by atoms with Gasteiger partial charge in [0.2, 0.25) is 0 Å². The number of hydrogen-bond donors (Lipinski definition) is 0. The van der Waals surface area contributed by atoms with Crippen molar-refractivity contribution >= 4 is 28.4 Å². The van der Waals surface area contributed by atoms with Crippen molar-refractivity contribution < 1.29 is 4.79 Å². The summed E-state index contributed by atoms with van der Waals surface area (Å²) in [5.74, 6) is 0.365. The van der Waals surface area contributed by atoms with Gasteiger partial charge in [-0.15, -0.1) is 0 Å². The average molecular weight is 316 g/mol. The highest BCUT2D eigenvalue weighted by atomic mass is 127. The van der Waals surface area contributed by atoms with Crippen molar-refractivity contribution in [1.29, 1.82) is 0 Å². The van der Waals surface area contributed by atoms with Gasteiger partial charge in [-0.1, -0.05) is 31.9 Å². The second-order valence-electron chi connectivity index (χ2n) is 3.80. The molecule has 0 spiro atoms. The van der Waals surface area contributed by atoms with Crippen LogP contribution in [0.2, 0.25) is 0 Å². The first kappa shape index (κ1) is 12.7. The maximum Gasteiger partial charge on any atom is 0.137 e. The number of hydrogen-bond acceptors (Lipinski definition) is 1. The van der Waals surface area contributed by atoms with Gasteiger partial charge in [-0.3, -0.25) is 4.79 Å². The Bertz CT molecular complexity index is 303. The third-order valence-electron chi connectivity index (χ3n) is 2.37. The minimum Gasteiger partial charge on any atom is -0.299 e. The van der Waals surface area contributed by atoms with E-state index < -0.39 is 0 Å². The SMILES string of the molecule is CCCCCC(=O)Cc1ccc(I)cc1. The molecule has 0 saturated carbocycles. The van der Waals surface area contributed by atoms with Crippen LogP contribution in [-0.2, 0) is 11.2 Å². The van der Waals surface area contributed by atoms with E-state index in [4.69, 9.17) is 0 Å². The molecule has 0 saturated heterocycles. The Morgan fingerprint density at radius 2 is 1.87 bits per heavy atom. The molecule has 0 bridgehead atoms. The number of benzene rings is 1. The van der Waals surface area contributed by atoms with Crippen molar-refractivity contribution in [3.8, 4) is 0 Å². The van der Waals surface area contributed by atoms with E-state index in [9.17, 15) is 4.79 Å². The van der Waals surface area contributed by atoms with Crippen LogP contribution < -0.4 is 0 Å². The van der Waals surface area contributed by atoms with Crippen LogP contribution in [0.15, 0.2) is 24.3 Å². The average Bonchev–Trinajstić information content (AvgIpc) is 2.22. The predicted octanol–water partition coefficient (Wildman–Crippen LogP) is 3.98. The van der Waals surface area contributed by atoms with Gasteiger partial charge in [-0.25, -0.2) is 0 Å². The number of unbranched alkanes of at least 4 members (excludes halogenated alkanes) is 2. The quantitative estimate of drug-likeness (QED) is 0.573. The zero-order valence-electron chi connectivity index (χ0n) is 9.13. The Hall–Kier alpha value is -0.380. The third kappa shape index (κ3) is 5.30. The molecule has 0 radical (unpaired) electrons. The fourth-order valence-corrected chi connectivity index (χ4v) is 1.85. The van der Waals surface area contributed by atoms with E-state index >= 15 is 0 Å². The van der Waals surface area contributed by atoms with Crippen LogP contribution in [0.25, 0.3) is 0 Å². The van der Waals surface area contributed by atoms with Crippen LogP contribution in [0, 0.1) is 3.57 Å². The van der Waals surface area contributed by atoms with E-state index in [0.717, 1.165) is 18.4 Å². The van der Waals surface area contributed by atoms with Crippen LogP contribution in [0.4, 0.5) is 0 Å². The van der Waals surface area contributed by atoms with Crippen molar-refractivity contribution in [2.24, 2.45) is 0 Å². The van der Waals surface area contributed by atoms with Crippen molar-refractivity contribution in [3.05, 3.63) is 33.4 Å². The number of carbonyl (C=O) groups excluding carboxylic acids is 1. The molecule has 0 aliphatic heterocycles. The molecule has 0 fully saturated rings. The highest BCUT2D eigenvalue weighted by Crippen LogP contribution is 2.09. The minimum absolute atomic E-state index is 0.365. The lowest BCUT2D eigenvalue weighted by Gasteiger charge is -2.01. The molecular formula is C13H17IO. The highest BCUT2D eigenvalue weighted by molar-refractivity contribution is 14.1. The number of halogens is 1. The lowest BCUT2D eigenvalue weighted by atomic mass is 10.0. The van der Waals surface area contributed by atoms with Gasteiger partial charge in [-0.05, 0) is 46.7 Å². The highest BCUT2D eigenvalue weighted by Gasteiger charge is 2.02. The summed E-state index contributed by atoms with van der Waals surface area (Å²) in [4.78, 5) is 11.6. The third-order valence-corrected chi connectivity index (χ3v) is 3.09. The van der Waals surface area contributed by atoms with E-state index in [-0.39, 0.29) is 0 Å². The summed E-state index contributed by atoms with van der Waals surface area (Å²) in [5.41, 5.74) is 1.14. The van der Waals surface area contributed by atoms with Crippen LogP contribution in [-0.4, -0.2) is 5.78 Å². The summed E-state index contributed by atoms with van der Waals surface area (Å²) in [5, 5.41) is 0. The molecule has 0 unspecified atom stereocenters. The first-order chi connectivity index (χ1) is 7.22.